The Kier molecular flexibility index (Phi) is 9.85. The number of rotatable bonds is 4. The minimum Gasteiger partial charge on any atom is -0.548 e. The molecule has 2 N–H and O–H groups in total. The molecule has 0 saturated heterocycles. The van der Waals surface area contributed by atoms with E-state index in [2.05, 4.69) is 5.32 Å². The average molecular weight is 257 g/mol. The van der Waals surface area contributed by atoms with Crippen LogP contribution in [0, 0.1) is 0 Å². The maximum atomic E-state index is 11.1. The zero-order valence-electron chi connectivity index (χ0n) is 10.1. The minimum atomic E-state index is -1.45. The van der Waals surface area contributed by atoms with Gasteiger partial charge in [0, 0.05) is 6.61 Å². The predicted molar refractivity (Wildman–Crippen MR) is 49.9 cm³/mol. The summed E-state index contributed by atoms with van der Waals surface area (Å²) in [6.07, 6.45) is -0.952. The molecule has 0 rings (SSSR count). The van der Waals surface area contributed by atoms with Gasteiger partial charge in [-0.15, -0.1) is 0 Å². The van der Waals surface area contributed by atoms with E-state index in [1.807, 2.05) is 0 Å². The SMILES string of the molecule is CC(C)(C)OC(=O)N[C@@H](CCO)C(=O)[O-].[K+]. The first-order valence-corrected chi connectivity index (χ1v) is 4.57. The van der Waals surface area contributed by atoms with Crippen LogP contribution in [-0.4, -0.2) is 35.4 Å². The molecule has 0 aromatic heterocycles. The van der Waals surface area contributed by atoms with Gasteiger partial charge in [0.05, 0.1) is 12.0 Å². The van der Waals surface area contributed by atoms with Crippen molar-refractivity contribution in [1.82, 2.24) is 5.32 Å². The van der Waals surface area contributed by atoms with Gasteiger partial charge in [0.1, 0.15) is 5.60 Å². The van der Waals surface area contributed by atoms with Gasteiger partial charge in [-0.25, -0.2) is 4.79 Å². The first-order valence-electron chi connectivity index (χ1n) is 4.57. The molecule has 0 spiro atoms. The van der Waals surface area contributed by atoms with Crippen molar-refractivity contribution < 1.29 is 75.9 Å². The van der Waals surface area contributed by atoms with Crippen LogP contribution in [-0.2, 0) is 9.53 Å². The molecule has 0 aromatic carbocycles. The molecular weight excluding hydrogens is 241 g/mol. The molecule has 16 heavy (non-hydrogen) atoms. The molecule has 88 valence electrons. The second kappa shape index (κ2) is 8.43. The van der Waals surface area contributed by atoms with Crippen LogP contribution in [0.25, 0.3) is 0 Å². The number of carboxylic acid groups (broad SMARTS) is 1. The largest absolute Gasteiger partial charge is 1.00 e. The van der Waals surface area contributed by atoms with Gasteiger partial charge in [-0.1, -0.05) is 0 Å². The van der Waals surface area contributed by atoms with Gasteiger partial charge in [-0.3, -0.25) is 0 Å². The summed E-state index contributed by atoms with van der Waals surface area (Å²) in [6.45, 7) is 4.63. The Morgan fingerprint density at radius 3 is 2.25 bits per heavy atom. The number of amides is 1. The maximum absolute atomic E-state index is 11.1. The van der Waals surface area contributed by atoms with Gasteiger partial charge >= 0.3 is 57.5 Å². The molecule has 0 saturated carbocycles. The molecule has 0 aliphatic rings. The summed E-state index contributed by atoms with van der Waals surface area (Å²) in [5, 5.41) is 21.1. The molecule has 1 amide bonds. The van der Waals surface area contributed by atoms with Crippen LogP contribution in [0.4, 0.5) is 4.79 Å². The van der Waals surface area contributed by atoms with Gasteiger partial charge < -0.3 is 25.1 Å². The number of ether oxygens (including phenoxy) is 1. The first kappa shape index (κ1) is 18.7. The van der Waals surface area contributed by atoms with E-state index in [9.17, 15) is 14.7 Å². The molecule has 0 radical (unpaired) electrons. The number of carbonyl (C=O) groups is 2. The molecule has 0 aliphatic heterocycles. The number of carbonyl (C=O) groups excluding carboxylic acids is 2. The Balaban J connectivity index is 0. The van der Waals surface area contributed by atoms with Crippen LogP contribution in [0.3, 0.4) is 0 Å². The smallest absolute Gasteiger partial charge is 0.548 e. The van der Waals surface area contributed by atoms with E-state index in [-0.39, 0.29) is 64.4 Å². The van der Waals surface area contributed by atoms with Crippen molar-refractivity contribution in [3.05, 3.63) is 0 Å². The number of carboxylic acids is 1. The number of hydrogen-bond donors (Lipinski definition) is 2. The predicted octanol–water partition coefficient (Wildman–Crippen LogP) is -3.98. The van der Waals surface area contributed by atoms with Crippen molar-refractivity contribution in [2.45, 2.75) is 38.8 Å². The number of aliphatic hydroxyl groups excluding tert-OH is 1. The minimum absolute atomic E-state index is 0. The summed E-state index contributed by atoms with van der Waals surface area (Å²) in [6, 6.07) is -1.23. The summed E-state index contributed by atoms with van der Waals surface area (Å²) in [4.78, 5) is 21.6. The van der Waals surface area contributed by atoms with Gasteiger partial charge in [0.25, 0.3) is 0 Å². The second-order valence-electron chi connectivity index (χ2n) is 4.03. The molecule has 0 fully saturated rings. The van der Waals surface area contributed by atoms with Crippen molar-refractivity contribution >= 4 is 12.1 Å². The maximum Gasteiger partial charge on any atom is 1.00 e. The van der Waals surface area contributed by atoms with Crippen molar-refractivity contribution in [2.24, 2.45) is 0 Å². The molecule has 1 atom stereocenters. The van der Waals surface area contributed by atoms with E-state index in [0.29, 0.717) is 0 Å². The molecule has 0 aromatic rings. The molecule has 0 bridgehead atoms. The van der Waals surface area contributed by atoms with Crippen LogP contribution in [0.1, 0.15) is 27.2 Å². The topological polar surface area (TPSA) is 98.7 Å². The van der Waals surface area contributed by atoms with Crippen molar-refractivity contribution in [3.63, 3.8) is 0 Å². The zero-order valence-corrected chi connectivity index (χ0v) is 13.2. The summed E-state index contributed by atoms with van der Waals surface area (Å²) in [7, 11) is 0. The fourth-order valence-electron chi connectivity index (χ4n) is 0.828. The van der Waals surface area contributed by atoms with Gasteiger partial charge in [0.15, 0.2) is 0 Å². The van der Waals surface area contributed by atoms with Crippen LogP contribution in [0.2, 0.25) is 0 Å². The summed E-state index contributed by atoms with van der Waals surface area (Å²) in [5.74, 6) is -1.45. The Bertz CT molecular complexity index is 239. The van der Waals surface area contributed by atoms with Gasteiger partial charge in [0.2, 0.25) is 0 Å². The molecule has 0 unspecified atom stereocenters. The van der Waals surface area contributed by atoms with Crippen LogP contribution < -0.4 is 61.8 Å². The standard InChI is InChI=1S/C9H17NO5.K/c1-9(2,3)15-8(14)10-6(4-5-11)7(12)13;/h6,11H,4-5H2,1-3H3,(H,10,14)(H,12,13);/q;+1/p-1/t6-;/m0./s1. The number of hydrogen-bond acceptors (Lipinski definition) is 5. The number of alkyl carbamates (subject to hydrolysis) is 1. The van der Waals surface area contributed by atoms with Crippen LogP contribution in [0.15, 0.2) is 0 Å². The van der Waals surface area contributed by atoms with Gasteiger partial charge in [-0.2, -0.15) is 0 Å². The quantitative estimate of drug-likeness (QED) is 0.500. The number of aliphatic carboxylic acids is 1. The van der Waals surface area contributed by atoms with E-state index < -0.39 is 23.7 Å². The Hall–Kier alpha value is 0.336. The van der Waals surface area contributed by atoms with E-state index in [1.165, 1.54) is 0 Å². The third kappa shape index (κ3) is 9.55. The second-order valence-corrected chi connectivity index (χ2v) is 4.03. The van der Waals surface area contributed by atoms with Crippen molar-refractivity contribution in [1.29, 1.82) is 0 Å². The van der Waals surface area contributed by atoms with Crippen molar-refractivity contribution in [3.8, 4) is 0 Å². The van der Waals surface area contributed by atoms with E-state index >= 15 is 0 Å². The van der Waals surface area contributed by atoms with Crippen LogP contribution in [0.5, 0.6) is 0 Å². The third-order valence-corrected chi connectivity index (χ3v) is 1.39. The first-order chi connectivity index (χ1) is 6.76. The zero-order chi connectivity index (χ0) is 12.1. The molecule has 0 aliphatic carbocycles. The van der Waals surface area contributed by atoms with E-state index in [0.717, 1.165) is 0 Å². The fraction of sp³-hybridized carbons (Fsp3) is 0.778. The van der Waals surface area contributed by atoms with Crippen LogP contribution >= 0.6 is 0 Å². The molecule has 6 nitrogen and oxygen atoms in total. The number of aliphatic hydroxyl groups is 1. The third-order valence-electron chi connectivity index (χ3n) is 1.39. The average Bonchev–Trinajstić information content (AvgIpc) is 1.99. The molecule has 7 heteroatoms. The fourth-order valence-corrected chi connectivity index (χ4v) is 0.828. The Morgan fingerprint density at radius 2 is 1.94 bits per heavy atom. The normalized spacial score (nSPS) is 12.2. The Morgan fingerprint density at radius 1 is 1.44 bits per heavy atom. The molecular formula is C9H16KNO5. The summed E-state index contributed by atoms with van der Waals surface area (Å²) < 4.78 is 4.84. The molecule has 0 heterocycles. The summed E-state index contributed by atoms with van der Waals surface area (Å²) >= 11 is 0. The van der Waals surface area contributed by atoms with Gasteiger partial charge in [-0.05, 0) is 27.2 Å². The van der Waals surface area contributed by atoms with E-state index in [4.69, 9.17) is 9.84 Å². The van der Waals surface area contributed by atoms with E-state index in [1.54, 1.807) is 20.8 Å². The monoisotopic (exact) mass is 257 g/mol. The summed E-state index contributed by atoms with van der Waals surface area (Å²) in [5.41, 5.74) is -0.695. The number of nitrogens with one attached hydrogen (secondary N) is 1. The van der Waals surface area contributed by atoms with Crippen molar-refractivity contribution in [2.75, 3.05) is 6.61 Å². The Labute approximate surface area is 137 Å².